The van der Waals surface area contributed by atoms with Crippen molar-refractivity contribution in [3.05, 3.63) is 40.4 Å². The van der Waals surface area contributed by atoms with Crippen LogP contribution in [-0.2, 0) is 11.3 Å². The Morgan fingerprint density at radius 2 is 2.00 bits per heavy atom. The summed E-state index contributed by atoms with van der Waals surface area (Å²) < 4.78 is 1.19. The molecule has 0 radical (unpaired) electrons. The van der Waals surface area contributed by atoms with Gasteiger partial charge in [-0.15, -0.1) is 0 Å². The third-order valence-electron chi connectivity index (χ3n) is 3.24. The van der Waals surface area contributed by atoms with E-state index < -0.39 is 5.91 Å². The van der Waals surface area contributed by atoms with E-state index in [4.69, 9.17) is 10.5 Å². The van der Waals surface area contributed by atoms with E-state index in [0.717, 1.165) is 10.5 Å². The van der Waals surface area contributed by atoms with Gasteiger partial charge in [0.15, 0.2) is 0 Å². The van der Waals surface area contributed by atoms with Crippen molar-refractivity contribution in [1.29, 1.82) is 10.5 Å². The first-order valence-electron chi connectivity index (χ1n) is 6.55. The van der Waals surface area contributed by atoms with Crippen LogP contribution < -0.4 is 5.56 Å². The molecule has 0 aliphatic carbocycles. The largest absolute Gasteiger partial charge is 0.314 e. The fraction of sp³-hybridized carbons (Fsp3) is 0.267. The monoisotopic (exact) mass is 295 g/mol. The Bertz CT molecular complexity index is 841. The molecule has 2 aromatic rings. The molecule has 2 rings (SSSR count). The van der Waals surface area contributed by atoms with E-state index in [2.05, 4.69) is 4.98 Å². The van der Waals surface area contributed by atoms with Gasteiger partial charge >= 0.3 is 0 Å². The highest BCUT2D eigenvalue weighted by molar-refractivity contribution is 5.81. The molecule has 0 unspecified atom stereocenters. The van der Waals surface area contributed by atoms with Gasteiger partial charge in [-0.1, -0.05) is 12.1 Å². The number of aromatic nitrogens is 2. The highest BCUT2D eigenvalue weighted by Crippen LogP contribution is 2.11. The number of benzene rings is 1. The zero-order valence-corrected chi connectivity index (χ0v) is 12.0. The van der Waals surface area contributed by atoms with Crippen molar-refractivity contribution in [2.45, 2.75) is 13.5 Å². The van der Waals surface area contributed by atoms with Crippen LogP contribution in [0.3, 0.4) is 0 Å². The number of nitrogens with zero attached hydrogens (tertiary/aromatic N) is 5. The molecule has 0 fully saturated rings. The molecule has 1 heterocycles. The topological polar surface area (TPSA) is 103 Å². The van der Waals surface area contributed by atoms with Crippen LogP contribution >= 0.6 is 0 Å². The smallest absolute Gasteiger partial charge is 0.261 e. The summed E-state index contributed by atoms with van der Waals surface area (Å²) >= 11 is 0. The standard InChI is InChI=1S/C15H13N5O2/c1-11-3-2-4-12-14(11)18-10-20(15(12)22)9-13(21)19(7-5-16)8-6-17/h2-4,10H,7-9H2,1H3. The fourth-order valence-corrected chi connectivity index (χ4v) is 2.10. The van der Waals surface area contributed by atoms with Crippen molar-refractivity contribution in [2.75, 3.05) is 13.1 Å². The summed E-state index contributed by atoms with van der Waals surface area (Å²) in [4.78, 5) is 29.8. The highest BCUT2D eigenvalue weighted by Gasteiger charge is 2.15. The third-order valence-corrected chi connectivity index (χ3v) is 3.24. The van der Waals surface area contributed by atoms with Crippen LogP contribution in [0.15, 0.2) is 29.3 Å². The molecule has 7 heteroatoms. The van der Waals surface area contributed by atoms with Crippen molar-refractivity contribution < 1.29 is 4.79 Å². The molecule has 0 saturated carbocycles. The maximum atomic E-state index is 12.4. The van der Waals surface area contributed by atoms with Crippen molar-refractivity contribution in [1.82, 2.24) is 14.5 Å². The molecule has 0 bridgehead atoms. The van der Waals surface area contributed by atoms with E-state index in [1.54, 1.807) is 12.1 Å². The number of rotatable bonds is 4. The Kier molecular flexibility index (Phi) is 4.50. The fourth-order valence-electron chi connectivity index (χ4n) is 2.10. The minimum Gasteiger partial charge on any atom is -0.314 e. The molecule has 1 amide bonds. The maximum absolute atomic E-state index is 12.4. The van der Waals surface area contributed by atoms with Crippen LogP contribution in [0, 0.1) is 29.6 Å². The van der Waals surface area contributed by atoms with E-state index in [0.29, 0.717) is 10.9 Å². The van der Waals surface area contributed by atoms with Gasteiger partial charge in [-0.2, -0.15) is 10.5 Å². The second-order valence-corrected chi connectivity index (χ2v) is 4.71. The quantitative estimate of drug-likeness (QED) is 0.768. The molecule has 0 spiro atoms. The molecular weight excluding hydrogens is 282 g/mol. The zero-order chi connectivity index (χ0) is 16.1. The van der Waals surface area contributed by atoms with Crippen LogP contribution in [0.1, 0.15) is 5.56 Å². The number of para-hydroxylation sites is 1. The lowest BCUT2D eigenvalue weighted by atomic mass is 10.1. The summed E-state index contributed by atoms with van der Waals surface area (Å²) in [6.07, 6.45) is 1.31. The summed E-state index contributed by atoms with van der Waals surface area (Å²) in [6.45, 7) is 1.22. The summed E-state index contributed by atoms with van der Waals surface area (Å²) in [6, 6.07) is 8.91. The lowest BCUT2D eigenvalue weighted by molar-refractivity contribution is -0.130. The first-order valence-corrected chi connectivity index (χ1v) is 6.55. The van der Waals surface area contributed by atoms with Gasteiger partial charge < -0.3 is 4.90 Å². The molecule has 0 aliphatic heterocycles. The Labute approximate surface area is 126 Å². The Morgan fingerprint density at radius 1 is 1.32 bits per heavy atom. The highest BCUT2D eigenvalue weighted by atomic mass is 16.2. The van der Waals surface area contributed by atoms with Gasteiger partial charge in [-0.3, -0.25) is 14.2 Å². The number of nitriles is 2. The van der Waals surface area contributed by atoms with Gasteiger partial charge in [0.1, 0.15) is 19.6 Å². The molecule has 1 aromatic heterocycles. The van der Waals surface area contributed by atoms with Gasteiger partial charge in [-0.25, -0.2) is 4.98 Å². The van der Waals surface area contributed by atoms with Crippen LogP contribution in [0.2, 0.25) is 0 Å². The molecule has 22 heavy (non-hydrogen) atoms. The van der Waals surface area contributed by atoms with Crippen molar-refractivity contribution in [3.63, 3.8) is 0 Å². The van der Waals surface area contributed by atoms with Gasteiger partial charge in [0, 0.05) is 0 Å². The van der Waals surface area contributed by atoms with E-state index in [1.807, 2.05) is 25.1 Å². The molecular formula is C15H13N5O2. The summed E-state index contributed by atoms with van der Waals surface area (Å²) in [5, 5.41) is 17.8. The minimum absolute atomic E-state index is 0.193. The number of aryl methyl sites for hydroxylation is 1. The Balaban J connectivity index is 2.35. The third kappa shape index (κ3) is 2.94. The predicted molar refractivity (Wildman–Crippen MR) is 78.5 cm³/mol. The number of amides is 1. The first kappa shape index (κ1) is 15.2. The van der Waals surface area contributed by atoms with Crippen LogP contribution in [0.5, 0.6) is 0 Å². The van der Waals surface area contributed by atoms with Crippen LogP contribution in [-0.4, -0.2) is 33.4 Å². The van der Waals surface area contributed by atoms with Gasteiger partial charge in [0.2, 0.25) is 5.91 Å². The lowest BCUT2D eigenvalue weighted by Gasteiger charge is -2.16. The lowest BCUT2D eigenvalue weighted by Crippen LogP contribution is -2.37. The normalized spacial score (nSPS) is 9.95. The van der Waals surface area contributed by atoms with Crippen molar-refractivity contribution >= 4 is 16.8 Å². The average Bonchev–Trinajstić information content (AvgIpc) is 2.50. The van der Waals surface area contributed by atoms with Crippen molar-refractivity contribution in [3.8, 4) is 12.1 Å². The van der Waals surface area contributed by atoms with Crippen LogP contribution in [0.4, 0.5) is 0 Å². The molecule has 7 nitrogen and oxygen atoms in total. The van der Waals surface area contributed by atoms with Gasteiger partial charge in [-0.05, 0) is 18.6 Å². The zero-order valence-electron chi connectivity index (χ0n) is 12.0. The van der Waals surface area contributed by atoms with Crippen LogP contribution in [0.25, 0.3) is 10.9 Å². The SMILES string of the molecule is Cc1cccc2c(=O)n(CC(=O)N(CC#N)CC#N)cnc12. The molecule has 0 N–H and O–H groups in total. The Hall–Kier alpha value is -3.19. The van der Waals surface area contributed by atoms with E-state index in [9.17, 15) is 9.59 Å². The number of carbonyl (C=O) groups is 1. The maximum Gasteiger partial charge on any atom is 0.261 e. The second kappa shape index (κ2) is 6.51. The van der Waals surface area contributed by atoms with Gasteiger partial charge in [0.25, 0.3) is 5.56 Å². The number of hydrogen-bond acceptors (Lipinski definition) is 5. The minimum atomic E-state index is -0.473. The molecule has 1 aromatic carbocycles. The predicted octanol–water partition coefficient (Wildman–Crippen LogP) is 0.581. The number of carbonyl (C=O) groups excluding carboxylic acids is 1. The molecule has 0 aliphatic rings. The van der Waals surface area contributed by atoms with E-state index >= 15 is 0 Å². The van der Waals surface area contributed by atoms with E-state index in [-0.39, 0.29) is 25.2 Å². The van der Waals surface area contributed by atoms with E-state index in [1.165, 1.54) is 10.9 Å². The first-order chi connectivity index (χ1) is 10.6. The summed E-state index contributed by atoms with van der Waals surface area (Å²) in [7, 11) is 0. The summed E-state index contributed by atoms with van der Waals surface area (Å²) in [5.74, 6) is -0.473. The van der Waals surface area contributed by atoms with Crippen molar-refractivity contribution in [2.24, 2.45) is 0 Å². The van der Waals surface area contributed by atoms with Gasteiger partial charge in [0.05, 0.1) is 29.4 Å². The molecule has 110 valence electrons. The number of fused-ring (bicyclic) bond motifs is 1. The second-order valence-electron chi connectivity index (χ2n) is 4.71. The molecule has 0 atom stereocenters. The molecule has 0 saturated heterocycles. The number of hydrogen-bond donors (Lipinski definition) is 0. The Morgan fingerprint density at radius 3 is 2.64 bits per heavy atom. The summed E-state index contributed by atoms with van der Waals surface area (Å²) in [5.41, 5.74) is 1.15. The average molecular weight is 295 g/mol.